The van der Waals surface area contributed by atoms with Gasteiger partial charge in [0, 0.05) is 17.5 Å². The van der Waals surface area contributed by atoms with E-state index in [2.05, 4.69) is 41.7 Å². The molecule has 0 spiro atoms. The van der Waals surface area contributed by atoms with Crippen LogP contribution in [0.3, 0.4) is 0 Å². The van der Waals surface area contributed by atoms with Crippen LogP contribution < -0.4 is 10.1 Å². The third-order valence-electron chi connectivity index (χ3n) is 3.33. The lowest BCUT2D eigenvalue weighted by Gasteiger charge is -2.19. The molecule has 0 radical (unpaired) electrons. The number of hydrogen-bond donors (Lipinski definition) is 1. The molecule has 2 atom stereocenters. The van der Waals surface area contributed by atoms with Crippen LogP contribution in [0, 0.1) is 6.92 Å². The minimum absolute atomic E-state index is 0.208. The quantitative estimate of drug-likeness (QED) is 0.843. The van der Waals surface area contributed by atoms with Crippen molar-refractivity contribution in [2.24, 2.45) is 0 Å². The van der Waals surface area contributed by atoms with Crippen LogP contribution in [0.5, 0.6) is 5.75 Å². The van der Waals surface area contributed by atoms with Crippen molar-refractivity contribution in [3.05, 3.63) is 45.9 Å². The molecule has 0 aliphatic heterocycles. The molecule has 21 heavy (non-hydrogen) atoms. The number of benzene rings is 1. The third-order valence-corrected chi connectivity index (χ3v) is 4.12. The molecule has 1 aromatic heterocycles. The maximum atomic E-state index is 5.67. The van der Waals surface area contributed by atoms with Crippen LogP contribution in [0.2, 0.25) is 0 Å². The SMILES string of the molecule is Cc1nc(C(C)NC(C)c2ccc(OC(C)C)cc2)cs1. The van der Waals surface area contributed by atoms with Crippen LogP contribution in [-0.4, -0.2) is 11.1 Å². The highest BCUT2D eigenvalue weighted by Crippen LogP contribution is 2.22. The summed E-state index contributed by atoms with van der Waals surface area (Å²) in [4.78, 5) is 4.54. The molecule has 0 saturated heterocycles. The minimum atomic E-state index is 0.208. The smallest absolute Gasteiger partial charge is 0.119 e. The normalized spacial score (nSPS) is 14.2. The lowest BCUT2D eigenvalue weighted by atomic mass is 10.1. The summed E-state index contributed by atoms with van der Waals surface area (Å²) in [7, 11) is 0. The van der Waals surface area contributed by atoms with Crippen LogP contribution in [-0.2, 0) is 0 Å². The van der Waals surface area contributed by atoms with Crippen molar-refractivity contribution in [3.63, 3.8) is 0 Å². The van der Waals surface area contributed by atoms with Gasteiger partial charge in [-0.1, -0.05) is 12.1 Å². The maximum Gasteiger partial charge on any atom is 0.119 e. The van der Waals surface area contributed by atoms with E-state index in [9.17, 15) is 0 Å². The Morgan fingerprint density at radius 2 is 1.71 bits per heavy atom. The zero-order chi connectivity index (χ0) is 15.4. The Morgan fingerprint density at radius 3 is 2.24 bits per heavy atom. The van der Waals surface area contributed by atoms with Gasteiger partial charge in [0.1, 0.15) is 5.75 Å². The molecule has 2 aromatic rings. The van der Waals surface area contributed by atoms with E-state index in [-0.39, 0.29) is 18.2 Å². The Labute approximate surface area is 131 Å². The van der Waals surface area contributed by atoms with Crippen LogP contribution >= 0.6 is 11.3 Å². The first kappa shape index (κ1) is 16.0. The Kier molecular flexibility index (Phi) is 5.37. The van der Waals surface area contributed by atoms with Crippen LogP contribution in [0.25, 0.3) is 0 Å². The average Bonchev–Trinajstić information content (AvgIpc) is 2.85. The molecule has 3 nitrogen and oxygen atoms in total. The van der Waals surface area contributed by atoms with Crippen molar-refractivity contribution in [1.29, 1.82) is 0 Å². The van der Waals surface area contributed by atoms with Gasteiger partial charge in [0.15, 0.2) is 0 Å². The van der Waals surface area contributed by atoms with E-state index in [1.807, 2.05) is 32.9 Å². The summed E-state index contributed by atoms with van der Waals surface area (Å²) in [6.07, 6.45) is 0.208. The number of ether oxygens (including phenoxy) is 1. The largest absolute Gasteiger partial charge is 0.491 e. The molecule has 4 heteroatoms. The Bertz CT molecular complexity index is 562. The number of aryl methyl sites for hydroxylation is 1. The van der Waals surface area contributed by atoms with Gasteiger partial charge in [-0.15, -0.1) is 11.3 Å². The van der Waals surface area contributed by atoms with Crippen molar-refractivity contribution >= 4 is 11.3 Å². The van der Waals surface area contributed by atoms with Crippen LogP contribution in [0.4, 0.5) is 0 Å². The molecule has 1 aromatic carbocycles. The molecule has 114 valence electrons. The summed E-state index contributed by atoms with van der Waals surface area (Å²) in [5.74, 6) is 0.920. The van der Waals surface area contributed by atoms with E-state index in [1.165, 1.54) is 5.56 Å². The molecule has 0 amide bonds. The first-order valence-electron chi connectivity index (χ1n) is 7.40. The van der Waals surface area contributed by atoms with Crippen molar-refractivity contribution in [1.82, 2.24) is 10.3 Å². The van der Waals surface area contributed by atoms with Gasteiger partial charge in [-0.05, 0) is 52.3 Å². The molecule has 1 N–H and O–H groups in total. The van der Waals surface area contributed by atoms with Crippen LogP contribution in [0.15, 0.2) is 29.6 Å². The van der Waals surface area contributed by atoms with E-state index >= 15 is 0 Å². The Morgan fingerprint density at radius 1 is 1.05 bits per heavy atom. The molecule has 0 aliphatic rings. The zero-order valence-corrected chi connectivity index (χ0v) is 14.2. The van der Waals surface area contributed by atoms with E-state index in [0.717, 1.165) is 16.5 Å². The molecular formula is C17H24N2OS. The van der Waals surface area contributed by atoms with Crippen LogP contribution in [0.1, 0.15) is 56.0 Å². The lowest BCUT2D eigenvalue weighted by molar-refractivity contribution is 0.242. The van der Waals surface area contributed by atoms with Crippen molar-refractivity contribution < 1.29 is 4.74 Å². The first-order valence-corrected chi connectivity index (χ1v) is 8.28. The fourth-order valence-electron chi connectivity index (χ4n) is 2.24. The summed E-state index contributed by atoms with van der Waals surface area (Å²) in [5, 5.41) is 6.83. The molecule has 2 unspecified atom stereocenters. The highest BCUT2D eigenvalue weighted by molar-refractivity contribution is 7.09. The summed E-state index contributed by atoms with van der Waals surface area (Å²) >= 11 is 1.70. The second kappa shape index (κ2) is 7.05. The number of rotatable bonds is 6. The zero-order valence-electron chi connectivity index (χ0n) is 13.4. The van der Waals surface area contributed by atoms with Gasteiger partial charge in [-0.2, -0.15) is 0 Å². The summed E-state index contributed by atoms with van der Waals surface area (Å²) in [6, 6.07) is 8.82. The molecular weight excluding hydrogens is 280 g/mol. The fourth-order valence-corrected chi connectivity index (χ4v) is 2.95. The molecule has 2 rings (SSSR count). The minimum Gasteiger partial charge on any atom is -0.491 e. The van der Waals surface area contributed by atoms with Gasteiger partial charge >= 0.3 is 0 Å². The molecule has 0 fully saturated rings. The van der Waals surface area contributed by atoms with E-state index < -0.39 is 0 Å². The predicted molar refractivity (Wildman–Crippen MR) is 89.0 cm³/mol. The Hall–Kier alpha value is -1.39. The highest BCUT2D eigenvalue weighted by Gasteiger charge is 2.13. The standard InChI is InChI=1S/C17H24N2OS/c1-11(2)20-16-8-6-15(7-9-16)12(3)18-13(4)17-10-21-14(5)19-17/h6-13,18H,1-5H3. The van der Waals surface area contributed by atoms with Gasteiger partial charge < -0.3 is 10.1 Å². The third kappa shape index (κ3) is 4.55. The van der Waals surface area contributed by atoms with E-state index in [0.29, 0.717) is 0 Å². The topological polar surface area (TPSA) is 34.2 Å². The second-order valence-electron chi connectivity index (χ2n) is 5.64. The number of nitrogens with one attached hydrogen (secondary N) is 1. The highest BCUT2D eigenvalue weighted by atomic mass is 32.1. The van der Waals surface area contributed by atoms with Gasteiger partial charge in [0.25, 0.3) is 0 Å². The van der Waals surface area contributed by atoms with Gasteiger partial charge in [-0.3, -0.25) is 0 Å². The van der Waals surface area contributed by atoms with E-state index in [1.54, 1.807) is 11.3 Å². The van der Waals surface area contributed by atoms with Crippen molar-refractivity contribution in [2.75, 3.05) is 0 Å². The van der Waals surface area contributed by atoms with Gasteiger partial charge in [0.2, 0.25) is 0 Å². The maximum absolute atomic E-state index is 5.67. The molecule has 1 heterocycles. The fraction of sp³-hybridized carbons (Fsp3) is 0.471. The monoisotopic (exact) mass is 304 g/mol. The van der Waals surface area contributed by atoms with Crippen molar-refractivity contribution in [3.8, 4) is 5.75 Å². The number of aromatic nitrogens is 1. The first-order chi connectivity index (χ1) is 9.95. The number of nitrogens with zero attached hydrogens (tertiary/aromatic N) is 1. The second-order valence-corrected chi connectivity index (χ2v) is 6.70. The van der Waals surface area contributed by atoms with Gasteiger partial charge in [0.05, 0.1) is 16.8 Å². The summed E-state index contributed by atoms with van der Waals surface area (Å²) in [5.41, 5.74) is 2.37. The Balaban J connectivity index is 1.98. The number of thiazole rings is 1. The van der Waals surface area contributed by atoms with Crippen molar-refractivity contribution in [2.45, 2.75) is 52.8 Å². The average molecular weight is 304 g/mol. The molecule has 0 saturated carbocycles. The molecule has 0 bridgehead atoms. The van der Waals surface area contributed by atoms with Gasteiger partial charge in [-0.25, -0.2) is 4.98 Å². The van der Waals surface area contributed by atoms with E-state index in [4.69, 9.17) is 4.74 Å². The number of hydrogen-bond acceptors (Lipinski definition) is 4. The summed E-state index contributed by atoms with van der Waals surface area (Å²) < 4.78 is 5.67. The predicted octanol–water partition coefficient (Wildman–Crippen LogP) is 4.65. The molecule has 0 aliphatic carbocycles. The lowest BCUT2D eigenvalue weighted by Crippen LogP contribution is -2.22. The summed E-state index contributed by atoms with van der Waals surface area (Å²) in [6.45, 7) is 10.4.